The Balaban J connectivity index is 1.60. The zero-order valence-electron chi connectivity index (χ0n) is 27.1. The molecule has 5 rings (SSSR count). The first kappa shape index (κ1) is 30.6. The number of allylic oxidation sites excluding steroid dienone is 1. The third-order valence-corrected chi connectivity index (χ3v) is 14.2. The lowest BCUT2D eigenvalue weighted by molar-refractivity contribution is -0.266. The van der Waals surface area contributed by atoms with Crippen LogP contribution in [0.5, 0.6) is 0 Å². The van der Waals surface area contributed by atoms with Gasteiger partial charge in [-0.15, -0.1) is 0 Å². The number of methoxy groups -OCH3 is 1. The molecule has 41 heavy (non-hydrogen) atoms. The van der Waals surface area contributed by atoms with E-state index >= 15 is 0 Å². The molecular formula is C35H54O6. The summed E-state index contributed by atoms with van der Waals surface area (Å²) in [5, 5.41) is 0. The average Bonchev–Trinajstić information content (AvgIpc) is 3.27. The van der Waals surface area contributed by atoms with Crippen molar-refractivity contribution in [3.8, 4) is 0 Å². The molecule has 0 N–H and O–H groups in total. The van der Waals surface area contributed by atoms with Gasteiger partial charge in [0.15, 0.2) is 0 Å². The van der Waals surface area contributed by atoms with Gasteiger partial charge in [0, 0.05) is 19.3 Å². The van der Waals surface area contributed by atoms with Crippen molar-refractivity contribution in [1.82, 2.24) is 0 Å². The number of hydrogen-bond donors (Lipinski definition) is 0. The molecule has 0 aliphatic heterocycles. The largest absolute Gasteiger partial charge is 0.468 e. The molecule has 0 bridgehead atoms. The minimum absolute atomic E-state index is 0.0222. The van der Waals surface area contributed by atoms with Crippen molar-refractivity contribution >= 4 is 17.9 Å². The number of rotatable bonds is 4. The van der Waals surface area contributed by atoms with Crippen LogP contribution in [0.25, 0.3) is 0 Å². The Hall–Kier alpha value is -1.85. The third kappa shape index (κ3) is 4.04. The van der Waals surface area contributed by atoms with Crippen LogP contribution in [0, 0.1) is 56.7 Å². The molecule has 0 aromatic rings. The highest BCUT2D eigenvalue weighted by atomic mass is 16.6. The van der Waals surface area contributed by atoms with E-state index in [2.05, 4.69) is 48.1 Å². The summed E-state index contributed by atoms with van der Waals surface area (Å²) in [6, 6.07) is 0. The SMILES string of the molecule is C=C(C)[C@@H]1CC[C@@]2(C(=O)OC)[C@H]1[C@H]1CC[C@@H]3[C@@]4(C)CC[C@H](OC(C)=O)C(C)(C)[C@@H]4CC[C@@]3(C)[C@]1(C)C[C@@H]2OC(C)=O. The molecule has 0 amide bonds. The topological polar surface area (TPSA) is 78.9 Å². The second-order valence-electron chi connectivity index (χ2n) is 16.0. The molecule has 0 aromatic heterocycles. The Morgan fingerprint density at radius 1 is 0.732 bits per heavy atom. The van der Waals surface area contributed by atoms with Gasteiger partial charge in [0.2, 0.25) is 0 Å². The summed E-state index contributed by atoms with van der Waals surface area (Å²) in [6.07, 6.45) is 8.02. The summed E-state index contributed by atoms with van der Waals surface area (Å²) < 4.78 is 17.6. The van der Waals surface area contributed by atoms with E-state index in [4.69, 9.17) is 14.2 Å². The van der Waals surface area contributed by atoms with E-state index in [1.54, 1.807) is 0 Å². The highest BCUT2D eigenvalue weighted by Crippen LogP contribution is 2.78. The molecular weight excluding hydrogens is 516 g/mol. The number of ether oxygens (including phenoxy) is 3. The molecule has 0 aromatic carbocycles. The van der Waals surface area contributed by atoms with Crippen molar-refractivity contribution in [2.24, 2.45) is 56.7 Å². The lowest BCUT2D eigenvalue weighted by Gasteiger charge is -2.73. The molecule has 0 radical (unpaired) electrons. The van der Waals surface area contributed by atoms with E-state index in [9.17, 15) is 14.4 Å². The quantitative estimate of drug-likeness (QED) is 0.201. The van der Waals surface area contributed by atoms with E-state index < -0.39 is 11.5 Å². The molecule has 11 atom stereocenters. The van der Waals surface area contributed by atoms with Crippen molar-refractivity contribution in [3.63, 3.8) is 0 Å². The van der Waals surface area contributed by atoms with E-state index in [1.807, 2.05) is 0 Å². The van der Waals surface area contributed by atoms with Crippen molar-refractivity contribution in [1.29, 1.82) is 0 Å². The minimum Gasteiger partial charge on any atom is -0.468 e. The van der Waals surface area contributed by atoms with E-state index in [1.165, 1.54) is 21.0 Å². The lowest BCUT2D eigenvalue weighted by atomic mass is 9.32. The summed E-state index contributed by atoms with van der Waals surface area (Å²) in [7, 11) is 1.48. The molecule has 5 saturated carbocycles. The Labute approximate surface area is 247 Å². The smallest absolute Gasteiger partial charge is 0.315 e. The third-order valence-electron chi connectivity index (χ3n) is 14.2. The molecule has 5 aliphatic carbocycles. The van der Waals surface area contributed by atoms with E-state index in [0.717, 1.165) is 50.5 Å². The molecule has 6 nitrogen and oxygen atoms in total. The van der Waals surface area contributed by atoms with E-state index in [-0.39, 0.29) is 57.5 Å². The van der Waals surface area contributed by atoms with Gasteiger partial charge in [-0.25, -0.2) is 0 Å². The summed E-state index contributed by atoms with van der Waals surface area (Å²) in [5.41, 5.74) is 0.248. The predicted molar refractivity (Wildman–Crippen MR) is 157 cm³/mol. The Bertz CT molecular complexity index is 1130. The molecule has 0 saturated heterocycles. The monoisotopic (exact) mass is 570 g/mol. The number of hydrogen-bond acceptors (Lipinski definition) is 6. The first-order chi connectivity index (χ1) is 19.0. The van der Waals surface area contributed by atoms with Gasteiger partial charge in [0.25, 0.3) is 0 Å². The second-order valence-corrected chi connectivity index (χ2v) is 16.0. The number of fused-ring (bicyclic) bond motifs is 7. The van der Waals surface area contributed by atoms with Gasteiger partial charge in [-0.2, -0.15) is 0 Å². The van der Waals surface area contributed by atoms with E-state index in [0.29, 0.717) is 30.6 Å². The Morgan fingerprint density at radius 3 is 1.95 bits per heavy atom. The summed E-state index contributed by atoms with van der Waals surface area (Å²) >= 11 is 0. The summed E-state index contributed by atoms with van der Waals surface area (Å²) in [5.74, 6) is 0.826. The lowest BCUT2D eigenvalue weighted by Crippen LogP contribution is -2.69. The fraction of sp³-hybridized carbons (Fsp3) is 0.857. The van der Waals surface area contributed by atoms with Crippen LogP contribution in [0.15, 0.2) is 12.2 Å². The molecule has 0 spiro atoms. The minimum atomic E-state index is -0.817. The predicted octanol–water partition coefficient (Wildman–Crippen LogP) is 7.29. The van der Waals surface area contributed by atoms with Gasteiger partial charge >= 0.3 is 17.9 Å². The van der Waals surface area contributed by atoms with Crippen LogP contribution >= 0.6 is 0 Å². The number of carbonyl (C=O) groups is 3. The van der Waals surface area contributed by atoms with Crippen LogP contribution in [0.2, 0.25) is 0 Å². The van der Waals surface area contributed by atoms with Crippen LogP contribution < -0.4 is 0 Å². The summed E-state index contributed by atoms with van der Waals surface area (Å²) in [4.78, 5) is 38.4. The van der Waals surface area contributed by atoms with Crippen LogP contribution in [-0.4, -0.2) is 37.2 Å². The fourth-order valence-electron chi connectivity index (χ4n) is 12.5. The van der Waals surface area contributed by atoms with Crippen molar-refractivity contribution in [2.45, 2.75) is 125 Å². The van der Waals surface area contributed by atoms with Gasteiger partial charge < -0.3 is 14.2 Å². The van der Waals surface area contributed by atoms with Gasteiger partial charge in [-0.1, -0.05) is 46.8 Å². The van der Waals surface area contributed by atoms with Crippen LogP contribution in [-0.2, 0) is 28.6 Å². The van der Waals surface area contributed by atoms with Gasteiger partial charge in [0.05, 0.1) is 7.11 Å². The van der Waals surface area contributed by atoms with Crippen LogP contribution in [0.4, 0.5) is 0 Å². The van der Waals surface area contributed by atoms with Gasteiger partial charge in [-0.3, -0.25) is 14.4 Å². The van der Waals surface area contributed by atoms with Gasteiger partial charge in [-0.05, 0) is 111 Å². The molecule has 0 unspecified atom stereocenters. The number of esters is 3. The molecule has 0 heterocycles. The van der Waals surface area contributed by atoms with Gasteiger partial charge in [0.1, 0.15) is 17.6 Å². The Morgan fingerprint density at radius 2 is 1.37 bits per heavy atom. The Kier molecular flexibility index (Phi) is 7.34. The molecule has 5 aliphatic rings. The highest BCUT2D eigenvalue weighted by molar-refractivity contribution is 5.80. The zero-order valence-corrected chi connectivity index (χ0v) is 27.1. The average molecular weight is 571 g/mol. The molecule has 6 heteroatoms. The normalized spacial score (nSPS) is 48.0. The van der Waals surface area contributed by atoms with Crippen LogP contribution in [0.3, 0.4) is 0 Å². The van der Waals surface area contributed by atoms with Crippen LogP contribution in [0.1, 0.15) is 113 Å². The fourth-order valence-corrected chi connectivity index (χ4v) is 12.5. The number of carbonyl (C=O) groups excluding carboxylic acids is 3. The molecule has 230 valence electrons. The maximum Gasteiger partial charge on any atom is 0.315 e. The maximum atomic E-state index is 13.8. The first-order valence-corrected chi connectivity index (χ1v) is 16.1. The van der Waals surface area contributed by atoms with Crippen molar-refractivity contribution in [3.05, 3.63) is 12.2 Å². The summed E-state index contributed by atoms with van der Waals surface area (Å²) in [6.45, 7) is 21.7. The van der Waals surface area contributed by atoms with Crippen molar-refractivity contribution < 1.29 is 28.6 Å². The second kappa shape index (κ2) is 9.84. The first-order valence-electron chi connectivity index (χ1n) is 16.1. The maximum absolute atomic E-state index is 13.8. The highest BCUT2D eigenvalue weighted by Gasteiger charge is 2.75. The standard InChI is InChI=1S/C35H54O6/c1-20(2)23-13-18-35(30(38)39-10)28(41-22(4)37)19-34(9)24(29(23)35)11-12-26-32(7)16-15-27(40-21(3)36)31(5,6)25(32)14-17-33(26,34)8/h23-29H,1,11-19H2,2-10H3/t23-,24+,25-,26+,27-,28-,29+,32-,33+,34+,35-/m0/s1. The molecule has 5 fully saturated rings. The zero-order chi connectivity index (χ0) is 30.3. The van der Waals surface area contributed by atoms with Crippen molar-refractivity contribution in [2.75, 3.05) is 7.11 Å².